The van der Waals surface area contributed by atoms with E-state index >= 15 is 0 Å². The minimum Gasteiger partial charge on any atom is -0.343 e. The lowest BCUT2D eigenvalue weighted by molar-refractivity contribution is -0.130. The Labute approximate surface area is 157 Å². The van der Waals surface area contributed by atoms with Gasteiger partial charge < -0.3 is 10.2 Å². The van der Waals surface area contributed by atoms with Crippen molar-refractivity contribution >= 4 is 18.3 Å². The van der Waals surface area contributed by atoms with E-state index in [1.807, 2.05) is 0 Å². The number of carbonyl (C=O) groups is 1. The van der Waals surface area contributed by atoms with E-state index in [4.69, 9.17) is 0 Å². The van der Waals surface area contributed by atoms with E-state index in [9.17, 15) is 4.79 Å². The number of hydrogen-bond donors (Lipinski definition) is 3. The molecule has 1 amide bonds. The van der Waals surface area contributed by atoms with Crippen LogP contribution < -0.4 is 16.2 Å². The summed E-state index contributed by atoms with van der Waals surface area (Å²) < 4.78 is 0. The van der Waals surface area contributed by atoms with Crippen LogP contribution in [0.5, 0.6) is 0 Å². The van der Waals surface area contributed by atoms with Crippen LogP contribution >= 0.6 is 12.4 Å². The van der Waals surface area contributed by atoms with Gasteiger partial charge >= 0.3 is 0 Å². The summed E-state index contributed by atoms with van der Waals surface area (Å²) in [6.45, 7) is 4.80. The molecule has 1 aromatic rings. The fourth-order valence-electron chi connectivity index (χ4n) is 3.70. The third-order valence-corrected chi connectivity index (χ3v) is 5.11. The molecule has 1 aromatic carbocycles. The lowest BCUT2D eigenvalue weighted by Gasteiger charge is -2.22. The highest BCUT2D eigenvalue weighted by atomic mass is 35.5. The van der Waals surface area contributed by atoms with Crippen LogP contribution in [0.2, 0.25) is 0 Å². The molecule has 2 fully saturated rings. The Morgan fingerprint density at radius 1 is 1.16 bits per heavy atom. The predicted octanol–water partition coefficient (Wildman–Crippen LogP) is 2.26. The highest BCUT2D eigenvalue weighted by Crippen LogP contribution is 2.23. The van der Waals surface area contributed by atoms with Crippen molar-refractivity contribution in [3.63, 3.8) is 0 Å². The number of likely N-dealkylation sites (tertiary alicyclic amines) is 1. The maximum atomic E-state index is 12.0. The number of hydrogen-bond acceptors (Lipinski definition) is 4. The molecular formula is C19H31ClN4O. The summed E-state index contributed by atoms with van der Waals surface area (Å²) in [7, 11) is 0. The van der Waals surface area contributed by atoms with Gasteiger partial charge in [-0.3, -0.25) is 10.2 Å². The molecule has 0 bridgehead atoms. The Bertz CT molecular complexity index is 513. The summed E-state index contributed by atoms with van der Waals surface area (Å²) >= 11 is 0. The van der Waals surface area contributed by atoms with Gasteiger partial charge in [0.05, 0.1) is 6.04 Å². The van der Waals surface area contributed by atoms with Crippen molar-refractivity contribution in [3.05, 3.63) is 35.9 Å². The van der Waals surface area contributed by atoms with Crippen LogP contribution in [-0.4, -0.2) is 43.5 Å². The molecular weight excluding hydrogens is 336 g/mol. The maximum Gasteiger partial charge on any atom is 0.222 e. The molecule has 3 N–H and O–H groups in total. The molecule has 6 heteroatoms. The molecule has 140 valence electrons. The number of rotatable bonds is 7. The van der Waals surface area contributed by atoms with Crippen molar-refractivity contribution in [1.82, 2.24) is 21.1 Å². The monoisotopic (exact) mass is 366 g/mol. The first-order valence-corrected chi connectivity index (χ1v) is 9.36. The summed E-state index contributed by atoms with van der Waals surface area (Å²) in [5, 5.41) is 3.58. The first-order valence-electron chi connectivity index (χ1n) is 9.36. The van der Waals surface area contributed by atoms with Gasteiger partial charge in [0, 0.05) is 38.5 Å². The molecule has 2 atom stereocenters. The molecule has 0 saturated carbocycles. The number of halogens is 1. The highest BCUT2D eigenvalue weighted by molar-refractivity contribution is 5.85. The Hall–Kier alpha value is -1.14. The molecule has 0 aliphatic carbocycles. The molecule has 0 aromatic heterocycles. The third kappa shape index (κ3) is 5.96. The van der Waals surface area contributed by atoms with Crippen molar-refractivity contribution in [3.8, 4) is 0 Å². The number of hydrazine groups is 1. The van der Waals surface area contributed by atoms with Crippen molar-refractivity contribution in [1.29, 1.82) is 0 Å². The zero-order valence-electron chi connectivity index (χ0n) is 14.9. The Morgan fingerprint density at radius 2 is 2.00 bits per heavy atom. The molecule has 2 saturated heterocycles. The molecule has 2 unspecified atom stereocenters. The average molecular weight is 367 g/mol. The van der Waals surface area contributed by atoms with Gasteiger partial charge in [-0.05, 0) is 31.4 Å². The van der Waals surface area contributed by atoms with Crippen LogP contribution in [0.4, 0.5) is 0 Å². The highest BCUT2D eigenvalue weighted by Gasteiger charge is 2.27. The largest absolute Gasteiger partial charge is 0.343 e. The topological polar surface area (TPSA) is 56.4 Å². The second kappa shape index (κ2) is 10.8. The quantitative estimate of drug-likeness (QED) is 0.648. The minimum absolute atomic E-state index is 0. The average Bonchev–Trinajstić information content (AvgIpc) is 2.99. The van der Waals surface area contributed by atoms with Gasteiger partial charge in [-0.15, -0.1) is 12.4 Å². The molecule has 2 aliphatic heterocycles. The van der Waals surface area contributed by atoms with E-state index in [0.29, 0.717) is 17.9 Å². The fraction of sp³-hybridized carbons (Fsp3) is 0.632. The summed E-state index contributed by atoms with van der Waals surface area (Å²) in [6, 6.07) is 11.0. The van der Waals surface area contributed by atoms with E-state index in [1.54, 1.807) is 0 Å². The number of carbonyl (C=O) groups excluding carboxylic acids is 1. The molecule has 2 aliphatic rings. The van der Waals surface area contributed by atoms with Gasteiger partial charge in [-0.1, -0.05) is 36.8 Å². The Morgan fingerprint density at radius 3 is 2.84 bits per heavy atom. The molecule has 0 spiro atoms. The lowest BCUT2D eigenvalue weighted by atomic mass is 9.95. The van der Waals surface area contributed by atoms with Gasteiger partial charge in [0.15, 0.2) is 0 Å². The van der Waals surface area contributed by atoms with Gasteiger partial charge in [0.2, 0.25) is 5.91 Å². The summed E-state index contributed by atoms with van der Waals surface area (Å²) in [4.78, 5) is 14.0. The number of nitrogens with one attached hydrogen (secondary N) is 3. The van der Waals surface area contributed by atoms with Crippen molar-refractivity contribution in [2.75, 3.05) is 32.7 Å². The van der Waals surface area contributed by atoms with Crippen LogP contribution in [0, 0.1) is 5.92 Å². The SMILES string of the molecule is Cl.O=C1CCCCCN1CCCNCC1CNNC1c1ccccc1. The molecule has 5 nitrogen and oxygen atoms in total. The van der Waals surface area contributed by atoms with Crippen LogP contribution in [0.25, 0.3) is 0 Å². The molecule has 25 heavy (non-hydrogen) atoms. The van der Waals surface area contributed by atoms with E-state index in [1.165, 1.54) is 12.0 Å². The number of benzene rings is 1. The Balaban J connectivity index is 0.00000225. The number of nitrogens with zero attached hydrogens (tertiary/aromatic N) is 1. The molecule has 3 rings (SSSR count). The van der Waals surface area contributed by atoms with E-state index in [0.717, 1.165) is 58.4 Å². The zero-order chi connectivity index (χ0) is 16.6. The van der Waals surface area contributed by atoms with Crippen LogP contribution in [0.3, 0.4) is 0 Å². The van der Waals surface area contributed by atoms with Gasteiger partial charge in [0.1, 0.15) is 0 Å². The summed E-state index contributed by atoms with van der Waals surface area (Å²) in [5.41, 5.74) is 8.01. The van der Waals surface area contributed by atoms with E-state index in [-0.39, 0.29) is 12.4 Å². The summed E-state index contributed by atoms with van der Waals surface area (Å²) in [5.74, 6) is 0.896. The van der Waals surface area contributed by atoms with Crippen LogP contribution in [0.15, 0.2) is 30.3 Å². The van der Waals surface area contributed by atoms with Crippen molar-refractivity contribution in [2.45, 2.75) is 38.1 Å². The number of amides is 1. The van der Waals surface area contributed by atoms with E-state index < -0.39 is 0 Å². The summed E-state index contributed by atoms with van der Waals surface area (Å²) in [6.07, 6.45) is 5.21. The van der Waals surface area contributed by atoms with Crippen LogP contribution in [0.1, 0.15) is 43.7 Å². The van der Waals surface area contributed by atoms with E-state index in [2.05, 4.69) is 51.4 Å². The van der Waals surface area contributed by atoms with Crippen molar-refractivity contribution in [2.24, 2.45) is 5.92 Å². The van der Waals surface area contributed by atoms with Gasteiger partial charge in [-0.2, -0.15) is 0 Å². The first kappa shape index (κ1) is 20.2. The second-order valence-corrected chi connectivity index (χ2v) is 6.92. The Kier molecular flexibility index (Phi) is 8.68. The molecule has 2 heterocycles. The smallest absolute Gasteiger partial charge is 0.222 e. The second-order valence-electron chi connectivity index (χ2n) is 6.92. The van der Waals surface area contributed by atoms with Crippen molar-refractivity contribution < 1.29 is 4.79 Å². The normalized spacial score (nSPS) is 24.0. The molecule has 0 radical (unpaired) electrons. The predicted molar refractivity (Wildman–Crippen MR) is 104 cm³/mol. The maximum absolute atomic E-state index is 12.0. The minimum atomic E-state index is 0. The van der Waals surface area contributed by atoms with Crippen LogP contribution in [-0.2, 0) is 4.79 Å². The van der Waals surface area contributed by atoms with Gasteiger partial charge in [0.25, 0.3) is 0 Å². The first-order chi connectivity index (χ1) is 11.8. The lowest BCUT2D eigenvalue weighted by Crippen LogP contribution is -2.34. The fourth-order valence-corrected chi connectivity index (χ4v) is 3.70. The zero-order valence-corrected chi connectivity index (χ0v) is 15.7. The third-order valence-electron chi connectivity index (χ3n) is 5.11. The standard InChI is InChI=1S/C19H30N4O.ClH/c24-18-10-5-2-6-12-23(18)13-7-11-20-14-17-15-21-22-19(17)16-8-3-1-4-9-16;/h1,3-4,8-9,17,19-22H,2,5-7,10-15H2;1H. The van der Waals surface area contributed by atoms with Gasteiger partial charge in [-0.25, -0.2) is 5.43 Å².